The maximum absolute atomic E-state index is 6.17. The maximum Gasteiger partial charge on any atom is 0.165 e. The molecule has 0 saturated heterocycles. The number of nitrogens with zero attached hydrogens (tertiary/aromatic N) is 3. The highest BCUT2D eigenvalue weighted by atomic mass is 35.5. The molecule has 3 nitrogen and oxygen atoms in total. The molecule has 2 aromatic rings. The fourth-order valence-electron chi connectivity index (χ4n) is 1.73. The van der Waals surface area contributed by atoms with Gasteiger partial charge >= 0.3 is 0 Å². The van der Waals surface area contributed by atoms with Crippen molar-refractivity contribution >= 4 is 23.2 Å². The van der Waals surface area contributed by atoms with Gasteiger partial charge in [-0.05, 0) is 25.0 Å². The van der Waals surface area contributed by atoms with E-state index in [0.717, 1.165) is 11.4 Å². The van der Waals surface area contributed by atoms with Gasteiger partial charge in [0.25, 0.3) is 0 Å². The van der Waals surface area contributed by atoms with Crippen molar-refractivity contribution in [2.75, 3.05) is 0 Å². The summed E-state index contributed by atoms with van der Waals surface area (Å²) in [4.78, 5) is 0. The predicted octanol–water partition coefficient (Wildman–Crippen LogP) is 3.59. The van der Waals surface area contributed by atoms with Crippen LogP contribution >= 0.6 is 23.2 Å². The van der Waals surface area contributed by atoms with Gasteiger partial charge in [-0.15, -0.1) is 10.2 Å². The van der Waals surface area contributed by atoms with E-state index in [2.05, 4.69) is 14.8 Å². The van der Waals surface area contributed by atoms with Gasteiger partial charge in [0.1, 0.15) is 6.33 Å². The van der Waals surface area contributed by atoms with E-state index in [9.17, 15) is 0 Å². The molecule has 1 aliphatic carbocycles. The molecule has 0 bridgehead atoms. The fraction of sp³-hybridized carbons (Fsp3) is 0.273. The molecule has 1 aliphatic rings. The quantitative estimate of drug-likeness (QED) is 0.819. The molecule has 1 aromatic carbocycles. The number of hydrogen-bond donors (Lipinski definition) is 0. The van der Waals surface area contributed by atoms with E-state index in [1.54, 1.807) is 12.4 Å². The van der Waals surface area contributed by atoms with Crippen molar-refractivity contribution < 1.29 is 0 Å². The smallest absolute Gasteiger partial charge is 0.165 e. The predicted molar refractivity (Wildman–Crippen MR) is 63.7 cm³/mol. The van der Waals surface area contributed by atoms with Gasteiger partial charge in [-0.2, -0.15) is 0 Å². The molecule has 1 heterocycles. The van der Waals surface area contributed by atoms with Crippen LogP contribution in [-0.4, -0.2) is 14.8 Å². The molecule has 1 fully saturated rings. The van der Waals surface area contributed by atoms with Crippen molar-refractivity contribution in [1.82, 2.24) is 14.8 Å². The van der Waals surface area contributed by atoms with Crippen molar-refractivity contribution in [3.63, 3.8) is 0 Å². The maximum atomic E-state index is 6.17. The minimum atomic E-state index is 0.528. The third kappa shape index (κ3) is 1.60. The Kier molecular flexibility index (Phi) is 2.37. The van der Waals surface area contributed by atoms with Gasteiger partial charge in [0, 0.05) is 11.6 Å². The van der Waals surface area contributed by atoms with Gasteiger partial charge in [-0.3, -0.25) is 0 Å². The van der Waals surface area contributed by atoms with Crippen LogP contribution in [0.25, 0.3) is 11.4 Å². The molecular formula is C11H9Cl2N3. The molecule has 16 heavy (non-hydrogen) atoms. The molecule has 0 radical (unpaired) electrons. The highest BCUT2D eigenvalue weighted by Crippen LogP contribution is 2.39. The second-order valence-electron chi connectivity index (χ2n) is 3.89. The third-order valence-electron chi connectivity index (χ3n) is 2.71. The SMILES string of the molecule is Clc1cccc(-c2nncn2C2CC2)c1Cl. The molecule has 0 aliphatic heterocycles. The fourth-order valence-corrected chi connectivity index (χ4v) is 2.12. The zero-order chi connectivity index (χ0) is 11.1. The Balaban J connectivity index is 2.14. The second kappa shape index (κ2) is 3.75. The lowest BCUT2D eigenvalue weighted by molar-refractivity contribution is 0.746. The summed E-state index contributed by atoms with van der Waals surface area (Å²) in [6, 6.07) is 6.08. The molecule has 0 spiro atoms. The summed E-state index contributed by atoms with van der Waals surface area (Å²) < 4.78 is 2.07. The van der Waals surface area contributed by atoms with E-state index in [1.807, 2.05) is 12.1 Å². The van der Waals surface area contributed by atoms with Gasteiger partial charge in [-0.25, -0.2) is 0 Å². The number of halogens is 2. The minimum Gasteiger partial charge on any atom is -0.310 e. The Morgan fingerprint density at radius 3 is 2.81 bits per heavy atom. The van der Waals surface area contributed by atoms with Crippen LogP contribution in [0.5, 0.6) is 0 Å². The average Bonchev–Trinajstić information content (AvgIpc) is 3.01. The van der Waals surface area contributed by atoms with Crippen molar-refractivity contribution in [2.24, 2.45) is 0 Å². The molecule has 0 unspecified atom stereocenters. The number of aromatic nitrogens is 3. The van der Waals surface area contributed by atoms with E-state index in [0.29, 0.717) is 16.1 Å². The van der Waals surface area contributed by atoms with E-state index < -0.39 is 0 Å². The minimum absolute atomic E-state index is 0.528. The van der Waals surface area contributed by atoms with Gasteiger partial charge in [-0.1, -0.05) is 29.3 Å². The molecule has 0 amide bonds. The van der Waals surface area contributed by atoms with Crippen LogP contribution in [0.3, 0.4) is 0 Å². The standard InChI is InChI=1S/C11H9Cl2N3/c12-9-3-1-2-8(10(9)13)11-15-14-6-16(11)7-4-5-7/h1-3,6-7H,4-5H2. The summed E-state index contributed by atoms with van der Waals surface area (Å²) in [6.45, 7) is 0. The largest absolute Gasteiger partial charge is 0.310 e. The van der Waals surface area contributed by atoms with Crippen LogP contribution in [-0.2, 0) is 0 Å². The Bertz CT molecular complexity index is 532. The molecule has 1 aromatic heterocycles. The first-order chi connectivity index (χ1) is 7.77. The van der Waals surface area contributed by atoms with Crippen molar-refractivity contribution in [2.45, 2.75) is 18.9 Å². The Morgan fingerprint density at radius 2 is 2.06 bits per heavy atom. The average molecular weight is 254 g/mol. The summed E-state index contributed by atoms with van der Waals surface area (Å²) in [5.74, 6) is 0.801. The van der Waals surface area contributed by atoms with Crippen LogP contribution < -0.4 is 0 Å². The summed E-state index contributed by atoms with van der Waals surface area (Å²) in [6.07, 6.45) is 4.12. The molecule has 3 rings (SSSR count). The zero-order valence-electron chi connectivity index (χ0n) is 8.40. The highest BCUT2D eigenvalue weighted by molar-refractivity contribution is 6.43. The monoisotopic (exact) mass is 253 g/mol. The number of rotatable bonds is 2. The van der Waals surface area contributed by atoms with E-state index in [1.165, 1.54) is 12.8 Å². The number of hydrogen-bond acceptors (Lipinski definition) is 2. The summed E-state index contributed by atoms with van der Waals surface area (Å²) in [7, 11) is 0. The first-order valence-electron chi connectivity index (χ1n) is 5.11. The molecule has 1 saturated carbocycles. The van der Waals surface area contributed by atoms with Crippen molar-refractivity contribution in [3.05, 3.63) is 34.6 Å². The van der Waals surface area contributed by atoms with E-state index >= 15 is 0 Å². The molecule has 5 heteroatoms. The molecule has 0 atom stereocenters. The lowest BCUT2D eigenvalue weighted by Crippen LogP contribution is -1.96. The topological polar surface area (TPSA) is 30.7 Å². The summed E-state index contributed by atoms with van der Waals surface area (Å²) in [5, 5.41) is 9.15. The lowest BCUT2D eigenvalue weighted by Gasteiger charge is -2.07. The van der Waals surface area contributed by atoms with Crippen LogP contribution in [0.15, 0.2) is 24.5 Å². The van der Waals surface area contributed by atoms with Crippen LogP contribution in [0.2, 0.25) is 10.0 Å². The molecular weight excluding hydrogens is 245 g/mol. The first kappa shape index (κ1) is 10.1. The summed E-state index contributed by atoms with van der Waals surface area (Å²) in [5.41, 5.74) is 0.846. The van der Waals surface area contributed by atoms with E-state index in [4.69, 9.17) is 23.2 Å². The molecule has 82 valence electrons. The first-order valence-corrected chi connectivity index (χ1v) is 5.87. The van der Waals surface area contributed by atoms with Gasteiger partial charge in [0.15, 0.2) is 5.82 Å². The van der Waals surface area contributed by atoms with Crippen LogP contribution in [0.4, 0.5) is 0 Å². The second-order valence-corrected chi connectivity index (χ2v) is 4.68. The van der Waals surface area contributed by atoms with Crippen LogP contribution in [0.1, 0.15) is 18.9 Å². The summed E-state index contributed by atoms with van der Waals surface area (Å²) >= 11 is 12.2. The van der Waals surface area contributed by atoms with Gasteiger partial charge < -0.3 is 4.57 Å². The highest BCUT2D eigenvalue weighted by Gasteiger charge is 2.27. The van der Waals surface area contributed by atoms with Gasteiger partial charge in [0.05, 0.1) is 10.0 Å². The Hall–Kier alpha value is -1.06. The normalized spacial score (nSPS) is 15.4. The van der Waals surface area contributed by atoms with E-state index in [-0.39, 0.29) is 0 Å². The Morgan fingerprint density at radius 1 is 1.25 bits per heavy atom. The third-order valence-corrected chi connectivity index (χ3v) is 3.52. The van der Waals surface area contributed by atoms with Crippen molar-refractivity contribution in [1.29, 1.82) is 0 Å². The van der Waals surface area contributed by atoms with Crippen molar-refractivity contribution in [3.8, 4) is 11.4 Å². The van der Waals surface area contributed by atoms with Crippen LogP contribution in [0, 0.1) is 0 Å². The lowest BCUT2D eigenvalue weighted by atomic mass is 10.2. The molecule has 0 N–H and O–H groups in total. The Labute approximate surface area is 103 Å². The zero-order valence-corrected chi connectivity index (χ0v) is 9.91. The number of benzene rings is 1. The van der Waals surface area contributed by atoms with Gasteiger partial charge in [0.2, 0.25) is 0 Å².